The summed E-state index contributed by atoms with van der Waals surface area (Å²) >= 11 is 1.70. The topological polar surface area (TPSA) is 32.3 Å². The van der Waals surface area contributed by atoms with E-state index in [0.29, 0.717) is 5.75 Å². The fourth-order valence-electron chi connectivity index (χ4n) is 2.20. The Bertz CT molecular complexity index is 551. The minimum Gasteiger partial charge on any atom is -0.388 e. The third kappa shape index (κ3) is 4.60. The van der Waals surface area contributed by atoms with Crippen LogP contribution >= 0.6 is 11.8 Å². The molecule has 0 radical (unpaired) electrons. The number of benzene rings is 2. The molecule has 0 bridgehead atoms. The van der Waals surface area contributed by atoms with Crippen molar-refractivity contribution in [3.63, 3.8) is 0 Å². The Morgan fingerprint density at radius 3 is 2.43 bits per heavy atom. The summed E-state index contributed by atoms with van der Waals surface area (Å²) in [5, 5.41) is 13.7. The van der Waals surface area contributed by atoms with Gasteiger partial charge in [-0.3, -0.25) is 0 Å². The molecule has 1 atom stereocenters. The van der Waals surface area contributed by atoms with Gasteiger partial charge in [0.15, 0.2) is 0 Å². The van der Waals surface area contributed by atoms with Gasteiger partial charge in [-0.25, -0.2) is 0 Å². The van der Waals surface area contributed by atoms with Gasteiger partial charge in [-0.15, -0.1) is 11.8 Å². The predicted molar refractivity (Wildman–Crippen MR) is 88.4 cm³/mol. The normalized spacial score (nSPS) is 15.9. The summed E-state index contributed by atoms with van der Waals surface area (Å²) in [5.41, 5.74) is 2.31. The second-order valence-corrected chi connectivity index (χ2v) is 6.63. The fraction of sp³-hybridized carbons (Fsp3) is 0.333. The Hall–Kier alpha value is -1.29. The summed E-state index contributed by atoms with van der Waals surface area (Å²) in [6.45, 7) is 0.961. The lowest BCUT2D eigenvalue weighted by molar-refractivity contribution is 0.204. The van der Waals surface area contributed by atoms with Gasteiger partial charge in [-0.1, -0.05) is 42.5 Å². The SMILES string of the molecule is OC(CSc1ccc(CNC2CC2)cc1)c1ccccc1. The van der Waals surface area contributed by atoms with E-state index in [9.17, 15) is 5.11 Å². The van der Waals surface area contributed by atoms with Gasteiger partial charge in [0.25, 0.3) is 0 Å². The summed E-state index contributed by atoms with van der Waals surface area (Å²) in [5.74, 6) is 0.684. The second kappa shape index (κ2) is 7.12. The Morgan fingerprint density at radius 2 is 1.76 bits per heavy atom. The molecular weight excluding hydrogens is 278 g/mol. The molecule has 2 N–H and O–H groups in total. The molecule has 0 spiro atoms. The highest BCUT2D eigenvalue weighted by Gasteiger charge is 2.19. The highest BCUT2D eigenvalue weighted by Crippen LogP contribution is 2.25. The molecule has 0 aromatic heterocycles. The summed E-state index contributed by atoms with van der Waals surface area (Å²) < 4.78 is 0. The molecule has 0 amide bonds. The van der Waals surface area contributed by atoms with E-state index in [1.54, 1.807) is 11.8 Å². The van der Waals surface area contributed by atoms with Crippen LogP contribution in [0.5, 0.6) is 0 Å². The van der Waals surface area contributed by atoms with Crippen LogP contribution in [-0.2, 0) is 6.54 Å². The molecule has 3 heteroatoms. The molecule has 3 rings (SSSR count). The molecular formula is C18H21NOS. The van der Waals surface area contributed by atoms with Crippen LogP contribution in [0.25, 0.3) is 0 Å². The molecule has 1 aliphatic rings. The quantitative estimate of drug-likeness (QED) is 0.763. The summed E-state index contributed by atoms with van der Waals surface area (Å²) in [6.07, 6.45) is 2.24. The zero-order chi connectivity index (χ0) is 14.5. The smallest absolute Gasteiger partial charge is 0.0883 e. The number of nitrogens with one attached hydrogen (secondary N) is 1. The van der Waals surface area contributed by atoms with E-state index in [1.807, 2.05) is 30.3 Å². The molecule has 0 heterocycles. The summed E-state index contributed by atoms with van der Waals surface area (Å²) in [4.78, 5) is 1.21. The lowest BCUT2D eigenvalue weighted by Gasteiger charge is -2.11. The van der Waals surface area contributed by atoms with Crippen LogP contribution < -0.4 is 5.32 Å². The average Bonchev–Trinajstić information content (AvgIpc) is 3.37. The first-order chi connectivity index (χ1) is 10.3. The lowest BCUT2D eigenvalue weighted by Crippen LogP contribution is -2.14. The highest BCUT2D eigenvalue weighted by molar-refractivity contribution is 7.99. The standard InChI is InChI=1S/C18H21NOS/c20-18(15-4-2-1-3-5-15)13-21-17-10-6-14(7-11-17)12-19-16-8-9-16/h1-7,10-11,16,18-20H,8-9,12-13H2. The van der Waals surface area contributed by atoms with Crippen LogP contribution in [0, 0.1) is 0 Å². The minimum atomic E-state index is -0.410. The maximum atomic E-state index is 10.2. The van der Waals surface area contributed by atoms with Gasteiger partial charge in [-0.05, 0) is 36.1 Å². The second-order valence-electron chi connectivity index (χ2n) is 5.54. The number of thioether (sulfide) groups is 1. The van der Waals surface area contributed by atoms with Crippen molar-refractivity contribution in [2.75, 3.05) is 5.75 Å². The van der Waals surface area contributed by atoms with E-state index in [4.69, 9.17) is 0 Å². The maximum Gasteiger partial charge on any atom is 0.0883 e. The van der Waals surface area contributed by atoms with Crippen LogP contribution in [0.2, 0.25) is 0 Å². The highest BCUT2D eigenvalue weighted by atomic mass is 32.2. The number of aliphatic hydroxyl groups is 1. The molecule has 0 saturated heterocycles. The zero-order valence-corrected chi connectivity index (χ0v) is 12.9. The Morgan fingerprint density at radius 1 is 1.05 bits per heavy atom. The maximum absolute atomic E-state index is 10.2. The van der Waals surface area contributed by atoms with Crippen LogP contribution in [-0.4, -0.2) is 16.9 Å². The first-order valence-corrected chi connectivity index (χ1v) is 8.48. The van der Waals surface area contributed by atoms with Crippen molar-refractivity contribution >= 4 is 11.8 Å². The van der Waals surface area contributed by atoms with E-state index < -0.39 is 6.10 Å². The van der Waals surface area contributed by atoms with Crippen molar-refractivity contribution in [2.45, 2.75) is 36.4 Å². The molecule has 1 unspecified atom stereocenters. The molecule has 2 aromatic carbocycles. The summed E-state index contributed by atoms with van der Waals surface area (Å²) in [7, 11) is 0. The molecule has 1 aliphatic carbocycles. The monoisotopic (exact) mass is 299 g/mol. The van der Waals surface area contributed by atoms with Crippen LogP contribution in [0.4, 0.5) is 0 Å². The van der Waals surface area contributed by atoms with Crippen molar-refractivity contribution in [1.82, 2.24) is 5.32 Å². The zero-order valence-electron chi connectivity index (χ0n) is 12.0. The Labute approximate surface area is 130 Å². The number of hydrogen-bond donors (Lipinski definition) is 2. The van der Waals surface area contributed by atoms with E-state index in [1.165, 1.54) is 23.3 Å². The largest absolute Gasteiger partial charge is 0.388 e. The molecule has 2 aromatic rings. The van der Waals surface area contributed by atoms with Crippen molar-refractivity contribution in [3.8, 4) is 0 Å². The van der Waals surface area contributed by atoms with Crippen LogP contribution in [0.1, 0.15) is 30.1 Å². The Kier molecular flexibility index (Phi) is 4.96. The van der Waals surface area contributed by atoms with Crippen LogP contribution in [0.15, 0.2) is 59.5 Å². The van der Waals surface area contributed by atoms with Gasteiger partial charge in [0.2, 0.25) is 0 Å². The number of aliphatic hydroxyl groups excluding tert-OH is 1. The lowest BCUT2D eigenvalue weighted by atomic mass is 10.1. The predicted octanol–water partition coefficient (Wildman–Crippen LogP) is 3.76. The number of rotatable bonds is 7. The summed E-state index contributed by atoms with van der Waals surface area (Å²) in [6, 6.07) is 19.2. The van der Waals surface area contributed by atoms with Gasteiger partial charge in [0, 0.05) is 23.2 Å². The first kappa shape index (κ1) is 14.6. The van der Waals surface area contributed by atoms with Crippen molar-refractivity contribution < 1.29 is 5.11 Å². The molecule has 2 nitrogen and oxygen atoms in total. The van der Waals surface area contributed by atoms with E-state index in [-0.39, 0.29) is 0 Å². The van der Waals surface area contributed by atoms with Gasteiger partial charge in [0.1, 0.15) is 0 Å². The van der Waals surface area contributed by atoms with E-state index >= 15 is 0 Å². The minimum absolute atomic E-state index is 0.410. The third-order valence-electron chi connectivity index (χ3n) is 3.69. The molecule has 110 valence electrons. The van der Waals surface area contributed by atoms with Crippen molar-refractivity contribution in [2.24, 2.45) is 0 Å². The molecule has 1 fully saturated rings. The van der Waals surface area contributed by atoms with Gasteiger partial charge >= 0.3 is 0 Å². The van der Waals surface area contributed by atoms with Crippen molar-refractivity contribution in [1.29, 1.82) is 0 Å². The molecule has 0 aliphatic heterocycles. The van der Waals surface area contributed by atoms with E-state index in [0.717, 1.165) is 18.2 Å². The van der Waals surface area contributed by atoms with Crippen LogP contribution in [0.3, 0.4) is 0 Å². The van der Waals surface area contributed by atoms with Crippen molar-refractivity contribution in [3.05, 3.63) is 65.7 Å². The van der Waals surface area contributed by atoms with Gasteiger partial charge in [0.05, 0.1) is 6.10 Å². The third-order valence-corrected chi connectivity index (χ3v) is 4.78. The number of hydrogen-bond acceptors (Lipinski definition) is 3. The molecule has 21 heavy (non-hydrogen) atoms. The first-order valence-electron chi connectivity index (χ1n) is 7.49. The average molecular weight is 299 g/mol. The van der Waals surface area contributed by atoms with E-state index in [2.05, 4.69) is 29.6 Å². The van der Waals surface area contributed by atoms with Gasteiger partial charge in [-0.2, -0.15) is 0 Å². The molecule has 1 saturated carbocycles. The Balaban J connectivity index is 1.48. The fourth-order valence-corrected chi connectivity index (χ4v) is 3.07. The van der Waals surface area contributed by atoms with Gasteiger partial charge < -0.3 is 10.4 Å².